The molecule has 2 aliphatic rings. The van der Waals surface area contributed by atoms with Gasteiger partial charge >= 0.3 is 6.09 Å². The van der Waals surface area contributed by atoms with Crippen LogP contribution < -0.4 is 5.32 Å². The van der Waals surface area contributed by atoms with Gasteiger partial charge < -0.3 is 15.0 Å². The van der Waals surface area contributed by atoms with E-state index < -0.39 is 17.3 Å². The Morgan fingerprint density at radius 2 is 2.15 bits per heavy atom. The fourth-order valence-electron chi connectivity index (χ4n) is 2.73. The first-order valence-corrected chi connectivity index (χ1v) is 6.49. The molecule has 2 amide bonds. The Bertz CT molecular complexity index is 594. The minimum Gasteiger partial charge on any atom is -0.447 e. The van der Waals surface area contributed by atoms with Crippen LogP contribution in [0.4, 0.5) is 14.9 Å². The molecule has 3 rings (SSSR count). The van der Waals surface area contributed by atoms with Crippen LogP contribution in [0.5, 0.6) is 0 Å². The summed E-state index contributed by atoms with van der Waals surface area (Å²) in [4.78, 5) is 25.4. The lowest BCUT2D eigenvalue weighted by atomic mass is 9.75. The molecule has 1 aromatic rings. The van der Waals surface area contributed by atoms with Crippen LogP contribution in [0.25, 0.3) is 0 Å². The van der Waals surface area contributed by atoms with Gasteiger partial charge in [-0.2, -0.15) is 0 Å². The van der Waals surface area contributed by atoms with E-state index in [1.54, 1.807) is 19.9 Å². The summed E-state index contributed by atoms with van der Waals surface area (Å²) in [6.45, 7) is 4.08. The lowest BCUT2D eigenvalue weighted by Gasteiger charge is -2.45. The summed E-state index contributed by atoms with van der Waals surface area (Å²) >= 11 is 0. The Hall–Kier alpha value is -2.11. The van der Waals surface area contributed by atoms with Gasteiger partial charge in [0.05, 0.1) is 6.10 Å². The molecule has 1 aromatic carbocycles. The van der Waals surface area contributed by atoms with E-state index in [1.165, 1.54) is 17.0 Å². The molecule has 0 bridgehead atoms. The molecular weight excluding hydrogens is 263 g/mol. The highest BCUT2D eigenvalue weighted by Gasteiger charge is 2.57. The van der Waals surface area contributed by atoms with Crippen LogP contribution in [0, 0.1) is 5.82 Å². The standard InChI is InChI=1S/C14H15FN2O3/c1-8(2)20-13(19)17-6-14(7-17)10-4-3-9(15)5-11(10)16-12(14)18/h3-5,8H,6-7H2,1-2H3,(H,16,18). The van der Waals surface area contributed by atoms with Crippen LogP contribution in [0.1, 0.15) is 19.4 Å². The number of halogens is 1. The number of fused-ring (bicyclic) bond motifs is 2. The monoisotopic (exact) mass is 278 g/mol. The molecule has 2 heterocycles. The maximum Gasteiger partial charge on any atom is 0.410 e. The quantitative estimate of drug-likeness (QED) is 0.853. The highest BCUT2D eigenvalue weighted by Crippen LogP contribution is 2.44. The van der Waals surface area contributed by atoms with Crippen molar-refractivity contribution in [3.8, 4) is 0 Å². The van der Waals surface area contributed by atoms with E-state index in [0.29, 0.717) is 5.69 Å². The number of benzene rings is 1. The van der Waals surface area contributed by atoms with E-state index in [2.05, 4.69) is 5.32 Å². The largest absolute Gasteiger partial charge is 0.447 e. The second kappa shape index (κ2) is 4.19. The van der Waals surface area contributed by atoms with Crippen molar-refractivity contribution in [3.05, 3.63) is 29.6 Å². The molecule has 5 nitrogen and oxygen atoms in total. The molecule has 1 saturated heterocycles. The van der Waals surface area contributed by atoms with Crippen molar-refractivity contribution in [3.63, 3.8) is 0 Å². The molecule has 0 atom stereocenters. The number of rotatable bonds is 1. The topological polar surface area (TPSA) is 58.6 Å². The van der Waals surface area contributed by atoms with Gasteiger partial charge in [0.15, 0.2) is 0 Å². The number of nitrogens with one attached hydrogen (secondary N) is 1. The number of ether oxygens (including phenoxy) is 1. The van der Waals surface area contributed by atoms with Crippen LogP contribution in [0.2, 0.25) is 0 Å². The van der Waals surface area contributed by atoms with Gasteiger partial charge in [-0.1, -0.05) is 6.07 Å². The molecule has 0 aliphatic carbocycles. The molecule has 1 spiro atoms. The summed E-state index contributed by atoms with van der Waals surface area (Å²) in [7, 11) is 0. The van der Waals surface area contributed by atoms with E-state index in [9.17, 15) is 14.0 Å². The molecule has 6 heteroatoms. The van der Waals surface area contributed by atoms with Gasteiger partial charge in [-0.05, 0) is 31.5 Å². The first-order chi connectivity index (χ1) is 9.42. The van der Waals surface area contributed by atoms with Gasteiger partial charge in [-0.3, -0.25) is 4.79 Å². The average molecular weight is 278 g/mol. The van der Waals surface area contributed by atoms with Crippen molar-refractivity contribution in [1.82, 2.24) is 4.90 Å². The van der Waals surface area contributed by atoms with Gasteiger partial charge in [0.1, 0.15) is 11.2 Å². The lowest BCUT2D eigenvalue weighted by molar-refractivity contribution is -0.126. The summed E-state index contributed by atoms with van der Waals surface area (Å²) in [5.74, 6) is -0.580. The zero-order valence-corrected chi connectivity index (χ0v) is 11.3. The van der Waals surface area contributed by atoms with Crippen LogP contribution in [-0.2, 0) is 14.9 Å². The Morgan fingerprint density at radius 3 is 2.80 bits per heavy atom. The van der Waals surface area contributed by atoms with E-state index in [1.807, 2.05) is 0 Å². The first kappa shape index (κ1) is 12.9. The Kier molecular flexibility index (Phi) is 2.70. The fraction of sp³-hybridized carbons (Fsp3) is 0.429. The van der Waals surface area contributed by atoms with Gasteiger partial charge in [0.25, 0.3) is 0 Å². The number of amides is 2. The highest BCUT2D eigenvalue weighted by molar-refractivity contribution is 6.08. The van der Waals surface area contributed by atoms with Crippen LogP contribution >= 0.6 is 0 Å². The smallest absolute Gasteiger partial charge is 0.410 e. The number of likely N-dealkylation sites (tertiary alicyclic amines) is 1. The third-order valence-electron chi connectivity index (χ3n) is 3.70. The van der Waals surface area contributed by atoms with Gasteiger partial charge in [0, 0.05) is 18.8 Å². The Balaban J connectivity index is 1.80. The molecule has 1 fully saturated rings. The van der Waals surface area contributed by atoms with Gasteiger partial charge in [-0.15, -0.1) is 0 Å². The van der Waals surface area contributed by atoms with E-state index >= 15 is 0 Å². The van der Waals surface area contributed by atoms with Crippen molar-refractivity contribution < 1.29 is 18.7 Å². The highest BCUT2D eigenvalue weighted by atomic mass is 19.1. The van der Waals surface area contributed by atoms with Crippen LogP contribution in [0.15, 0.2) is 18.2 Å². The number of carbonyl (C=O) groups excluding carboxylic acids is 2. The van der Waals surface area contributed by atoms with Gasteiger partial charge in [0.2, 0.25) is 5.91 Å². The zero-order chi connectivity index (χ0) is 14.5. The molecule has 2 aliphatic heterocycles. The van der Waals surface area contributed by atoms with Crippen molar-refractivity contribution >= 4 is 17.7 Å². The summed E-state index contributed by atoms with van der Waals surface area (Å²) in [5, 5.41) is 2.67. The molecule has 0 radical (unpaired) electrons. The number of anilines is 1. The second-order valence-corrected chi connectivity index (χ2v) is 5.51. The molecular formula is C14H15FN2O3. The second-order valence-electron chi connectivity index (χ2n) is 5.51. The number of hydrogen-bond donors (Lipinski definition) is 1. The Morgan fingerprint density at radius 1 is 1.45 bits per heavy atom. The minimum absolute atomic E-state index is 0.188. The van der Waals surface area contributed by atoms with Crippen molar-refractivity contribution in [2.24, 2.45) is 0 Å². The van der Waals surface area contributed by atoms with Crippen molar-refractivity contribution in [1.29, 1.82) is 0 Å². The molecule has 0 aromatic heterocycles. The minimum atomic E-state index is -0.751. The predicted molar refractivity (Wildman–Crippen MR) is 69.9 cm³/mol. The molecule has 20 heavy (non-hydrogen) atoms. The maximum atomic E-state index is 13.2. The third-order valence-corrected chi connectivity index (χ3v) is 3.70. The molecule has 1 N–H and O–H groups in total. The molecule has 0 unspecified atom stereocenters. The van der Waals surface area contributed by atoms with Crippen molar-refractivity contribution in [2.75, 3.05) is 18.4 Å². The number of nitrogens with zero attached hydrogens (tertiary/aromatic N) is 1. The number of hydrogen-bond acceptors (Lipinski definition) is 3. The van der Waals surface area contributed by atoms with E-state index in [-0.39, 0.29) is 25.1 Å². The van der Waals surface area contributed by atoms with Crippen molar-refractivity contribution in [2.45, 2.75) is 25.4 Å². The third kappa shape index (κ3) is 1.75. The van der Waals surface area contributed by atoms with E-state index in [4.69, 9.17) is 4.74 Å². The average Bonchev–Trinajstić information content (AvgIpc) is 2.56. The SMILES string of the molecule is CC(C)OC(=O)N1CC2(C1)C(=O)Nc1cc(F)ccc12. The maximum absolute atomic E-state index is 13.2. The first-order valence-electron chi connectivity index (χ1n) is 6.49. The Labute approximate surface area is 115 Å². The van der Waals surface area contributed by atoms with Gasteiger partial charge in [-0.25, -0.2) is 9.18 Å². The molecule has 106 valence electrons. The van der Waals surface area contributed by atoms with Crippen LogP contribution in [0.3, 0.4) is 0 Å². The lowest BCUT2D eigenvalue weighted by Crippen LogP contribution is -2.64. The van der Waals surface area contributed by atoms with Crippen LogP contribution in [-0.4, -0.2) is 36.1 Å². The fourth-order valence-corrected chi connectivity index (χ4v) is 2.73. The molecule has 0 saturated carbocycles. The summed E-state index contributed by atoms with van der Waals surface area (Å²) < 4.78 is 18.3. The summed E-state index contributed by atoms with van der Waals surface area (Å²) in [6.07, 6.45) is -0.619. The normalized spacial score (nSPS) is 18.8. The summed E-state index contributed by atoms with van der Waals surface area (Å²) in [5.41, 5.74) is 0.489. The summed E-state index contributed by atoms with van der Waals surface area (Å²) in [6, 6.07) is 4.24. The van der Waals surface area contributed by atoms with E-state index in [0.717, 1.165) is 5.56 Å². The number of carbonyl (C=O) groups is 2. The zero-order valence-electron chi connectivity index (χ0n) is 11.3. The predicted octanol–water partition coefficient (Wildman–Crippen LogP) is 1.88.